The highest BCUT2D eigenvalue weighted by Crippen LogP contribution is 2.21. The Balaban J connectivity index is 1.47. The predicted molar refractivity (Wildman–Crippen MR) is 102 cm³/mol. The lowest BCUT2D eigenvalue weighted by molar-refractivity contribution is -0.121. The lowest BCUT2D eigenvalue weighted by Gasteiger charge is -2.06. The molecule has 0 fully saturated rings. The Morgan fingerprint density at radius 2 is 1.74 bits per heavy atom. The van der Waals surface area contributed by atoms with Crippen LogP contribution in [0.25, 0.3) is 11.3 Å². The quantitative estimate of drug-likeness (QED) is 0.658. The fourth-order valence-electron chi connectivity index (χ4n) is 2.36. The van der Waals surface area contributed by atoms with E-state index in [4.69, 9.17) is 16.0 Å². The largest absolute Gasteiger partial charge is 0.441 e. The molecule has 0 saturated heterocycles. The van der Waals surface area contributed by atoms with Crippen molar-refractivity contribution in [1.29, 1.82) is 0 Å². The first-order valence-electron chi connectivity index (χ1n) is 8.38. The molecule has 0 unspecified atom stereocenters. The van der Waals surface area contributed by atoms with E-state index in [-0.39, 0.29) is 12.3 Å². The van der Waals surface area contributed by atoms with E-state index in [0.29, 0.717) is 28.7 Å². The molecule has 3 aromatic rings. The average Bonchev–Trinajstić information content (AvgIpc) is 3.14. The van der Waals surface area contributed by atoms with Crippen LogP contribution < -0.4 is 10.9 Å². The maximum atomic E-state index is 11.9. The molecule has 0 radical (unpaired) electrons. The Kier molecular flexibility index (Phi) is 5.88. The third kappa shape index (κ3) is 5.18. The van der Waals surface area contributed by atoms with Crippen LogP contribution in [-0.2, 0) is 11.2 Å². The van der Waals surface area contributed by atoms with Gasteiger partial charge in [-0.25, -0.2) is 4.98 Å². The van der Waals surface area contributed by atoms with Gasteiger partial charge in [0.2, 0.25) is 5.91 Å². The summed E-state index contributed by atoms with van der Waals surface area (Å²) in [6.07, 6.45) is 2.10. The second-order valence-corrected chi connectivity index (χ2v) is 6.43. The molecule has 7 heteroatoms. The number of oxazole rings is 1. The number of amides is 2. The summed E-state index contributed by atoms with van der Waals surface area (Å²) in [5, 5.41) is 0.534. The number of nitrogens with zero attached hydrogens (tertiary/aromatic N) is 1. The van der Waals surface area contributed by atoms with Crippen molar-refractivity contribution in [3.05, 3.63) is 76.8 Å². The van der Waals surface area contributed by atoms with Crippen molar-refractivity contribution in [3.63, 3.8) is 0 Å². The summed E-state index contributed by atoms with van der Waals surface area (Å²) >= 11 is 5.77. The Bertz CT molecular complexity index is 934. The van der Waals surface area contributed by atoms with Crippen LogP contribution in [-0.4, -0.2) is 16.8 Å². The summed E-state index contributed by atoms with van der Waals surface area (Å²) < 4.78 is 5.68. The van der Waals surface area contributed by atoms with Crippen LogP contribution in [0, 0.1) is 6.92 Å². The average molecular weight is 384 g/mol. The summed E-state index contributed by atoms with van der Waals surface area (Å²) in [4.78, 5) is 28.0. The van der Waals surface area contributed by atoms with E-state index in [1.54, 1.807) is 30.5 Å². The number of halogens is 1. The van der Waals surface area contributed by atoms with Crippen molar-refractivity contribution in [2.75, 3.05) is 0 Å². The number of rotatable bonds is 5. The maximum absolute atomic E-state index is 11.9. The monoisotopic (exact) mass is 383 g/mol. The summed E-state index contributed by atoms with van der Waals surface area (Å²) in [7, 11) is 0. The number of hydrogen-bond donors (Lipinski definition) is 2. The van der Waals surface area contributed by atoms with Crippen molar-refractivity contribution in [3.8, 4) is 11.3 Å². The standard InChI is InChI=1S/C20H18ClN3O3/c1-13-2-4-14(5-3-13)17-12-22-19(27-17)11-10-18(25)23-24-20(26)15-6-8-16(21)9-7-15/h2-9,12H,10-11H2,1H3,(H,23,25)(H,24,26). The fourth-order valence-corrected chi connectivity index (χ4v) is 2.49. The maximum Gasteiger partial charge on any atom is 0.269 e. The number of hydrazine groups is 1. The smallest absolute Gasteiger partial charge is 0.269 e. The van der Waals surface area contributed by atoms with Crippen molar-refractivity contribution in [2.24, 2.45) is 0 Å². The molecule has 138 valence electrons. The van der Waals surface area contributed by atoms with Gasteiger partial charge in [-0.1, -0.05) is 41.4 Å². The first kappa shape index (κ1) is 18.7. The zero-order chi connectivity index (χ0) is 19.2. The van der Waals surface area contributed by atoms with Crippen LogP contribution in [0.5, 0.6) is 0 Å². The number of nitrogens with one attached hydrogen (secondary N) is 2. The van der Waals surface area contributed by atoms with Gasteiger partial charge in [0.25, 0.3) is 5.91 Å². The molecule has 2 amide bonds. The molecule has 27 heavy (non-hydrogen) atoms. The minimum Gasteiger partial charge on any atom is -0.441 e. The molecule has 0 aliphatic heterocycles. The fraction of sp³-hybridized carbons (Fsp3) is 0.150. The molecular weight excluding hydrogens is 366 g/mol. The molecule has 0 spiro atoms. The molecule has 0 bridgehead atoms. The molecule has 2 N–H and O–H groups in total. The van der Waals surface area contributed by atoms with Gasteiger partial charge in [-0.05, 0) is 31.2 Å². The zero-order valence-electron chi connectivity index (χ0n) is 14.7. The first-order chi connectivity index (χ1) is 13.0. The van der Waals surface area contributed by atoms with E-state index in [1.807, 2.05) is 31.2 Å². The molecule has 1 aromatic heterocycles. The lowest BCUT2D eigenvalue weighted by Crippen LogP contribution is -2.41. The third-order valence-corrected chi connectivity index (χ3v) is 4.13. The lowest BCUT2D eigenvalue weighted by atomic mass is 10.1. The summed E-state index contributed by atoms with van der Waals surface area (Å²) in [6.45, 7) is 2.01. The van der Waals surface area contributed by atoms with Crippen LogP contribution in [0.4, 0.5) is 0 Å². The summed E-state index contributed by atoms with van der Waals surface area (Å²) in [6, 6.07) is 14.3. The van der Waals surface area contributed by atoms with Gasteiger partial charge in [-0.15, -0.1) is 0 Å². The van der Waals surface area contributed by atoms with Crippen molar-refractivity contribution < 1.29 is 14.0 Å². The summed E-state index contributed by atoms with van der Waals surface area (Å²) in [5.41, 5.74) is 7.22. The highest BCUT2D eigenvalue weighted by Gasteiger charge is 2.10. The van der Waals surface area contributed by atoms with Gasteiger partial charge in [0.15, 0.2) is 11.7 Å². The van der Waals surface area contributed by atoms with Crippen molar-refractivity contribution in [1.82, 2.24) is 15.8 Å². The first-order valence-corrected chi connectivity index (χ1v) is 8.75. The van der Waals surface area contributed by atoms with Gasteiger partial charge >= 0.3 is 0 Å². The van der Waals surface area contributed by atoms with Gasteiger partial charge < -0.3 is 4.42 Å². The molecule has 2 aromatic carbocycles. The van der Waals surface area contributed by atoms with Crippen molar-refractivity contribution in [2.45, 2.75) is 19.8 Å². The SMILES string of the molecule is Cc1ccc(-c2cnc(CCC(=O)NNC(=O)c3ccc(Cl)cc3)o2)cc1. The minimum absolute atomic E-state index is 0.134. The number of hydrogen-bond acceptors (Lipinski definition) is 4. The molecular formula is C20H18ClN3O3. The van der Waals surface area contributed by atoms with Gasteiger partial charge in [0, 0.05) is 29.0 Å². The van der Waals surface area contributed by atoms with E-state index < -0.39 is 5.91 Å². The Hall–Kier alpha value is -3.12. The normalized spacial score (nSPS) is 10.4. The second-order valence-electron chi connectivity index (χ2n) is 5.99. The van der Waals surface area contributed by atoms with Crippen LogP contribution in [0.3, 0.4) is 0 Å². The topological polar surface area (TPSA) is 84.2 Å². The number of carbonyl (C=O) groups excluding carboxylic acids is 2. The molecule has 3 rings (SSSR count). The molecule has 6 nitrogen and oxygen atoms in total. The van der Waals surface area contributed by atoms with Gasteiger partial charge in [0.1, 0.15) is 0 Å². The second kappa shape index (κ2) is 8.51. The van der Waals surface area contributed by atoms with Crippen LogP contribution in [0.2, 0.25) is 5.02 Å². The van der Waals surface area contributed by atoms with E-state index in [1.165, 1.54) is 0 Å². The number of benzene rings is 2. The molecule has 0 aliphatic rings. The summed E-state index contributed by atoms with van der Waals surface area (Å²) in [5.74, 6) is 0.358. The van der Waals surface area contributed by atoms with Crippen LogP contribution >= 0.6 is 11.6 Å². The number of carbonyl (C=O) groups is 2. The minimum atomic E-state index is -0.419. The van der Waals surface area contributed by atoms with Crippen molar-refractivity contribution >= 4 is 23.4 Å². The van der Waals surface area contributed by atoms with Crippen LogP contribution in [0.1, 0.15) is 28.2 Å². The van der Waals surface area contributed by atoms with E-state index in [9.17, 15) is 9.59 Å². The van der Waals surface area contributed by atoms with Gasteiger partial charge in [-0.3, -0.25) is 20.4 Å². The van der Waals surface area contributed by atoms with E-state index in [2.05, 4.69) is 15.8 Å². The number of aryl methyl sites for hydroxylation is 2. The van der Waals surface area contributed by atoms with Crippen LogP contribution in [0.15, 0.2) is 59.1 Å². The Morgan fingerprint density at radius 3 is 2.44 bits per heavy atom. The molecule has 0 atom stereocenters. The zero-order valence-corrected chi connectivity index (χ0v) is 15.4. The third-order valence-electron chi connectivity index (χ3n) is 3.88. The number of aromatic nitrogens is 1. The molecule has 0 aliphatic carbocycles. The van der Waals surface area contributed by atoms with Gasteiger partial charge in [-0.2, -0.15) is 0 Å². The van der Waals surface area contributed by atoms with Gasteiger partial charge in [0.05, 0.1) is 6.20 Å². The van der Waals surface area contributed by atoms with E-state index >= 15 is 0 Å². The van der Waals surface area contributed by atoms with E-state index in [0.717, 1.165) is 11.1 Å². The Labute approximate surface area is 161 Å². The molecule has 1 heterocycles. The highest BCUT2D eigenvalue weighted by molar-refractivity contribution is 6.30. The molecule has 0 saturated carbocycles. The Morgan fingerprint density at radius 1 is 1.04 bits per heavy atom. The predicted octanol–water partition coefficient (Wildman–Crippen LogP) is 3.70. The highest BCUT2D eigenvalue weighted by atomic mass is 35.5.